The van der Waals surface area contributed by atoms with E-state index < -0.39 is 0 Å². The maximum atomic E-state index is 5.77. The molecule has 29 heavy (non-hydrogen) atoms. The van der Waals surface area contributed by atoms with Gasteiger partial charge in [0, 0.05) is 0 Å². The van der Waals surface area contributed by atoms with Gasteiger partial charge in [0.2, 0.25) is 0 Å². The average molecular weight is 413 g/mol. The summed E-state index contributed by atoms with van der Waals surface area (Å²) in [5, 5.41) is 0. The van der Waals surface area contributed by atoms with Crippen molar-refractivity contribution in [3.05, 3.63) is 0 Å². The van der Waals surface area contributed by atoms with Gasteiger partial charge in [-0.25, -0.2) is 0 Å². The van der Waals surface area contributed by atoms with Crippen LogP contribution in [0.5, 0.6) is 0 Å². The van der Waals surface area contributed by atoms with Crippen LogP contribution < -0.4 is 11.5 Å². The number of hydrogen-bond acceptors (Lipinski definition) is 4. The SMILES string of the molecule is CCCCCCCCCCCCN(CCCN)CCCN(CCCC)CCCN. The van der Waals surface area contributed by atoms with Crippen LogP contribution >= 0.6 is 0 Å². The summed E-state index contributed by atoms with van der Waals surface area (Å²) in [4.78, 5) is 5.29. The van der Waals surface area contributed by atoms with E-state index in [2.05, 4.69) is 23.6 Å². The monoisotopic (exact) mass is 412 g/mol. The predicted octanol–water partition coefficient (Wildman–Crippen LogP) is 5.40. The zero-order valence-corrected chi connectivity index (χ0v) is 20.3. The van der Waals surface area contributed by atoms with E-state index in [4.69, 9.17) is 11.5 Å². The fraction of sp³-hybridized carbons (Fsp3) is 1.00. The first-order valence-corrected chi connectivity index (χ1v) is 13.1. The molecule has 0 aliphatic rings. The molecule has 0 aromatic carbocycles. The van der Waals surface area contributed by atoms with E-state index in [1.165, 1.54) is 116 Å². The first kappa shape index (κ1) is 28.8. The third kappa shape index (κ3) is 20.9. The Morgan fingerprint density at radius 2 is 0.724 bits per heavy atom. The number of rotatable bonds is 24. The third-order valence-electron chi connectivity index (χ3n) is 5.96. The molecule has 0 atom stereocenters. The van der Waals surface area contributed by atoms with Crippen LogP contribution in [0, 0.1) is 0 Å². The standard InChI is InChI=1S/C25H56N4/c1-3-5-7-8-9-10-11-12-13-14-21-29(23-16-19-27)25-17-24-28(20-6-4-2)22-15-18-26/h3-27H2,1-2H3. The molecule has 4 N–H and O–H groups in total. The topological polar surface area (TPSA) is 58.5 Å². The molecule has 0 bridgehead atoms. The highest BCUT2D eigenvalue weighted by Gasteiger charge is 2.08. The minimum atomic E-state index is 0.810. The van der Waals surface area contributed by atoms with Crippen molar-refractivity contribution >= 4 is 0 Å². The average Bonchev–Trinajstić information content (AvgIpc) is 2.74. The summed E-state index contributed by atoms with van der Waals surface area (Å²) in [7, 11) is 0. The Morgan fingerprint density at radius 1 is 0.379 bits per heavy atom. The molecule has 0 spiro atoms. The van der Waals surface area contributed by atoms with Crippen LogP contribution in [0.25, 0.3) is 0 Å². The number of unbranched alkanes of at least 4 members (excludes halogenated alkanes) is 10. The molecule has 0 saturated carbocycles. The Hall–Kier alpha value is -0.160. The normalized spacial score (nSPS) is 11.8. The molecule has 4 heteroatoms. The lowest BCUT2D eigenvalue weighted by molar-refractivity contribution is 0.220. The minimum Gasteiger partial charge on any atom is -0.330 e. The largest absolute Gasteiger partial charge is 0.330 e. The molecular formula is C25H56N4. The Balaban J connectivity index is 3.88. The summed E-state index contributed by atoms with van der Waals surface area (Å²) in [6.07, 6.45) is 20.3. The zero-order valence-electron chi connectivity index (χ0n) is 20.3. The van der Waals surface area contributed by atoms with Crippen molar-refractivity contribution in [3.8, 4) is 0 Å². The molecule has 0 aliphatic carbocycles. The van der Waals surface area contributed by atoms with Gasteiger partial charge in [-0.05, 0) is 84.5 Å². The Bertz CT molecular complexity index is 291. The van der Waals surface area contributed by atoms with Crippen molar-refractivity contribution in [2.75, 3.05) is 52.4 Å². The molecule has 4 nitrogen and oxygen atoms in total. The second kappa shape index (κ2) is 24.1. The van der Waals surface area contributed by atoms with Gasteiger partial charge in [-0.2, -0.15) is 0 Å². The van der Waals surface area contributed by atoms with E-state index in [9.17, 15) is 0 Å². The molecule has 0 unspecified atom stereocenters. The lowest BCUT2D eigenvalue weighted by Crippen LogP contribution is -2.33. The number of nitrogens with two attached hydrogens (primary N) is 2. The molecule has 0 radical (unpaired) electrons. The fourth-order valence-electron chi connectivity index (χ4n) is 4.02. The highest BCUT2D eigenvalue weighted by Crippen LogP contribution is 2.11. The predicted molar refractivity (Wildman–Crippen MR) is 132 cm³/mol. The van der Waals surface area contributed by atoms with E-state index in [0.717, 1.165) is 32.5 Å². The summed E-state index contributed by atoms with van der Waals surface area (Å²) in [6.45, 7) is 13.5. The second-order valence-electron chi connectivity index (χ2n) is 8.86. The van der Waals surface area contributed by atoms with E-state index in [1.807, 2.05) is 0 Å². The molecule has 0 amide bonds. The highest BCUT2D eigenvalue weighted by molar-refractivity contribution is 4.64. The number of nitrogens with zero attached hydrogens (tertiary/aromatic N) is 2. The number of hydrogen-bond donors (Lipinski definition) is 2. The van der Waals surface area contributed by atoms with Crippen molar-refractivity contribution in [1.29, 1.82) is 0 Å². The summed E-state index contributed by atoms with van der Waals surface area (Å²) in [6, 6.07) is 0. The molecule has 0 saturated heterocycles. The van der Waals surface area contributed by atoms with Crippen molar-refractivity contribution in [3.63, 3.8) is 0 Å². The smallest absolute Gasteiger partial charge is 0.000654 e. The van der Waals surface area contributed by atoms with Gasteiger partial charge in [0.05, 0.1) is 0 Å². The molecule has 0 heterocycles. The quantitative estimate of drug-likeness (QED) is 0.208. The van der Waals surface area contributed by atoms with Crippen LogP contribution in [0.4, 0.5) is 0 Å². The van der Waals surface area contributed by atoms with Crippen molar-refractivity contribution in [2.24, 2.45) is 11.5 Å². The Kier molecular flexibility index (Phi) is 24.0. The molecule has 0 fully saturated rings. The van der Waals surface area contributed by atoms with Crippen LogP contribution in [0.15, 0.2) is 0 Å². The highest BCUT2D eigenvalue weighted by atomic mass is 15.1. The minimum absolute atomic E-state index is 0.810. The molecule has 0 aromatic rings. The Labute approximate surface area is 184 Å². The third-order valence-corrected chi connectivity index (χ3v) is 5.96. The molecule has 176 valence electrons. The lowest BCUT2D eigenvalue weighted by atomic mass is 10.1. The van der Waals surface area contributed by atoms with Gasteiger partial charge in [0.1, 0.15) is 0 Å². The van der Waals surface area contributed by atoms with Gasteiger partial charge in [0.25, 0.3) is 0 Å². The van der Waals surface area contributed by atoms with E-state index in [-0.39, 0.29) is 0 Å². The second-order valence-corrected chi connectivity index (χ2v) is 8.86. The Morgan fingerprint density at radius 3 is 1.17 bits per heavy atom. The summed E-state index contributed by atoms with van der Waals surface area (Å²) >= 11 is 0. The van der Waals surface area contributed by atoms with Crippen LogP contribution in [0.2, 0.25) is 0 Å². The van der Waals surface area contributed by atoms with Gasteiger partial charge < -0.3 is 21.3 Å². The van der Waals surface area contributed by atoms with Crippen LogP contribution in [0.3, 0.4) is 0 Å². The van der Waals surface area contributed by atoms with E-state index in [0.29, 0.717) is 0 Å². The maximum absolute atomic E-state index is 5.77. The van der Waals surface area contributed by atoms with Crippen molar-refractivity contribution in [2.45, 2.75) is 110 Å². The molecule has 0 rings (SSSR count). The van der Waals surface area contributed by atoms with Crippen molar-refractivity contribution < 1.29 is 0 Å². The van der Waals surface area contributed by atoms with Gasteiger partial charge >= 0.3 is 0 Å². The lowest BCUT2D eigenvalue weighted by Gasteiger charge is -2.26. The molecule has 0 aromatic heterocycles. The first-order valence-electron chi connectivity index (χ1n) is 13.1. The van der Waals surface area contributed by atoms with E-state index in [1.54, 1.807) is 0 Å². The molecule has 0 aliphatic heterocycles. The zero-order chi connectivity index (χ0) is 21.4. The van der Waals surface area contributed by atoms with Crippen molar-refractivity contribution in [1.82, 2.24) is 9.80 Å². The van der Waals surface area contributed by atoms with Crippen LogP contribution in [-0.2, 0) is 0 Å². The van der Waals surface area contributed by atoms with Gasteiger partial charge in [-0.1, -0.05) is 78.1 Å². The summed E-state index contributed by atoms with van der Waals surface area (Å²) < 4.78 is 0. The van der Waals surface area contributed by atoms with Gasteiger partial charge in [-0.3, -0.25) is 0 Å². The molecular weight excluding hydrogens is 356 g/mol. The van der Waals surface area contributed by atoms with Gasteiger partial charge in [-0.15, -0.1) is 0 Å². The van der Waals surface area contributed by atoms with Crippen LogP contribution in [0.1, 0.15) is 110 Å². The summed E-state index contributed by atoms with van der Waals surface area (Å²) in [5.74, 6) is 0. The summed E-state index contributed by atoms with van der Waals surface area (Å²) in [5.41, 5.74) is 11.5. The maximum Gasteiger partial charge on any atom is -0.000654 e. The van der Waals surface area contributed by atoms with E-state index >= 15 is 0 Å². The van der Waals surface area contributed by atoms with Crippen LogP contribution in [-0.4, -0.2) is 62.2 Å². The van der Waals surface area contributed by atoms with Gasteiger partial charge in [0.15, 0.2) is 0 Å². The first-order chi connectivity index (χ1) is 14.3. The fourth-order valence-corrected chi connectivity index (χ4v) is 4.02.